The Morgan fingerprint density at radius 3 is 2.48 bits per heavy atom. The van der Waals surface area contributed by atoms with Crippen molar-refractivity contribution in [3.05, 3.63) is 35.4 Å². The maximum Gasteiger partial charge on any atom is 0.412 e. The highest BCUT2D eigenvalue weighted by Gasteiger charge is 2.58. The monoisotopic (exact) mass is 377 g/mol. The number of cyclic esters (lactones) is 1. The zero-order valence-electron chi connectivity index (χ0n) is 17.2. The van der Waals surface area contributed by atoms with E-state index in [9.17, 15) is 9.90 Å². The average molecular weight is 377 g/mol. The highest BCUT2D eigenvalue weighted by Crippen LogP contribution is 2.41. The SMILES string of the molecule is COc1ccc(CCN2C(=O)O[C@@](C)(CCC=C(C)C)[C@]2(C)O)cc1OC. The predicted octanol–water partition coefficient (Wildman–Crippen LogP) is 3.91. The van der Waals surface area contributed by atoms with Gasteiger partial charge in [0.15, 0.2) is 22.8 Å². The predicted molar refractivity (Wildman–Crippen MR) is 104 cm³/mol. The minimum absolute atomic E-state index is 0.347. The molecule has 1 aliphatic heterocycles. The van der Waals surface area contributed by atoms with Crippen molar-refractivity contribution in [2.45, 2.75) is 58.3 Å². The number of aliphatic hydroxyl groups is 1. The van der Waals surface area contributed by atoms with Gasteiger partial charge in [-0.15, -0.1) is 0 Å². The van der Waals surface area contributed by atoms with Gasteiger partial charge in [0, 0.05) is 6.54 Å². The Bertz CT molecular complexity index is 709. The van der Waals surface area contributed by atoms with E-state index >= 15 is 0 Å². The first-order valence-corrected chi connectivity index (χ1v) is 9.22. The molecular formula is C21H31NO5. The van der Waals surface area contributed by atoms with E-state index in [1.54, 1.807) is 28.1 Å². The molecule has 0 aliphatic carbocycles. The fourth-order valence-electron chi connectivity index (χ4n) is 3.32. The first-order valence-electron chi connectivity index (χ1n) is 9.22. The van der Waals surface area contributed by atoms with Crippen LogP contribution in [0.4, 0.5) is 4.79 Å². The van der Waals surface area contributed by atoms with E-state index < -0.39 is 17.4 Å². The van der Waals surface area contributed by atoms with Crippen LogP contribution in [-0.2, 0) is 11.2 Å². The second-order valence-electron chi connectivity index (χ2n) is 7.53. The Morgan fingerprint density at radius 2 is 1.89 bits per heavy atom. The molecule has 0 bridgehead atoms. The number of allylic oxidation sites excluding steroid dienone is 2. The van der Waals surface area contributed by atoms with Crippen molar-refractivity contribution >= 4 is 6.09 Å². The highest BCUT2D eigenvalue weighted by molar-refractivity contribution is 5.72. The fourth-order valence-corrected chi connectivity index (χ4v) is 3.32. The van der Waals surface area contributed by atoms with Crippen LogP contribution in [-0.4, -0.2) is 48.2 Å². The first kappa shape index (κ1) is 21.1. The lowest BCUT2D eigenvalue weighted by Gasteiger charge is -2.37. The molecule has 6 nitrogen and oxygen atoms in total. The van der Waals surface area contributed by atoms with E-state index in [4.69, 9.17) is 14.2 Å². The first-order chi connectivity index (χ1) is 12.6. The maximum absolute atomic E-state index is 12.4. The number of rotatable bonds is 8. The zero-order chi connectivity index (χ0) is 20.2. The van der Waals surface area contributed by atoms with E-state index in [0.29, 0.717) is 30.9 Å². The molecule has 0 saturated carbocycles. The number of hydrogen-bond acceptors (Lipinski definition) is 5. The molecule has 6 heteroatoms. The van der Waals surface area contributed by atoms with Crippen LogP contribution in [0.5, 0.6) is 11.5 Å². The summed E-state index contributed by atoms with van der Waals surface area (Å²) in [6, 6.07) is 5.63. The van der Waals surface area contributed by atoms with Crippen molar-refractivity contribution in [3.63, 3.8) is 0 Å². The molecule has 1 heterocycles. The van der Waals surface area contributed by atoms with Crippen LogP contribution in [0.2, 0.25) is 0 Å². The minimum atomic E-state index is -1.38. The summed E-state index contributed by atoms with van der Waals surface area (Å²) in [5.74, 6) is 1.29. The van der Waals surface area contributed by atoms with Gasteiger partial charge in [-0.25, -0.2) is 4.79 Å². The van der Waals surface area contributed by atoms with Gasteiger partial charge in [-0.3, -0.25) is 4.90 Å². The van der Waals surface area contributed by atoms with Gasteiger partial charge >= 0.3 is 6.09 Å². The third kappa shape index (κ3) is 4.38. The summed E-state index contributed by atoms with van der Waals surface area (Å²) in [6.07, 6.45) is 3.47. The molecule has 1 amide bonds. The van der Waals surface area contributed by atoms with Crippen molar-refractivity contribution in [3.8, 4) is 11.5 Å². The Labute approximate surface area is 161 Å². The smallest absolute Gasteiger partial charge is 0.412 e. The standard InChI is InChI=1S/C21H31NO5/c1-15(2)8-7-12-20(3)21(4,24)22(19(23)27-20)13-11-16-9-10-17(25-5)18(14-16)26-6/h8-10,14,24H,7,11-13H2,1-6H3/t20-,21-/m0/s1. The fraction of sp³-hybridized carbons (Fsp3) is 0.571. The van der Waals surface area contributed by atoms with Crippen LogP contribution < -0.4 is 9.47 Å². The van der Waals surface area contributed by atoms with Crippen LogP contribution in [0, 0.1) is 0 Å². The third-order valence-corrected chi connectivity index (χ3v) is 5.31. The highest BCUT2D eigenvalue weighted by atomic mass is 16.6. The molecule has 1 N–H and O–H groups in total. The Morgan fingerprint density at radius 1 is 1.22 bits per heavy atom. The molecule has 27 heavy (non-hydrogen) atoms. The largest absolute Gasteiger partial charge is 0.493 e. The van der Waals surface area contributed by atoms with E-state index in [1.165, 1.54) is 10.5 Å². The van der Waals surface area contributed by atoms with E-state index in [0.717, 1.165) is 12.0 Å². The molecule has 150 valence electrons. The number of hydrogen-bond donors (Lipinski definition) is 1. The molecule has 0 spiro atoms. The van der Waals surface area contributed by atoms with Gasteiger partial charge in [-0.1, -0.05) is 17.7 Å². The van der Waals surface area contributed by atoms with Crippen LogP contribution >= 0.6 is 0 Å². The summed E-state index contributed by atoms with van der Waals surface area (Å²) < 4.78 is 16.2. The molecular weight excluding hydrogens is 346 g/mol. The van der Waals surface area contributed by atoms with Gasteiger partial charge < -0.3 is 19.3 Å². The Hall–Kier alpha value is -2.21. The van der Waals surface area contributed by atoms with Crippen LogP contribution in [0.25, 0.3) is 0 Å². The summed E-state index contributed by atoms with van der Waals surface area (Å²) in [4.78, 5) is 13.8. The van der Waals surface area contributed by atoms with Gasteiger partial charge in [0.2, 0.25) is 0 Å². The molecule has 2 atom stereocenters. The summed E-state index contributed by atoms with van der Waals surface area (Å²) in [5, 5.41) is 11.1. The molecule has 2 rings (SSSR count). The van der Waals surface area contributed by atoms with E-state index in [1.807, 2.05) is 32.0 Å². The Balaban J connectivity index is 2.10. The van der Waals surface area contributed by atoms with E-state index in [2.05, 4.69) is 6.08 Å². The van der Waals surface area contributed by atoms with E-state index in [-0.39, 0.29) is 0 Å². The molecule has 1 aromatic carbocycles. The lowest BCUT2D eigenvalue weighted by molar-refractivity contribution is -0.138. The number of methoxy groups -OCH3 is 2. The molecule has 1 aromatic rings. The van der Waals surface area contributed by atoms with Gasteiger partial charge in [0.25, 0.3) is 0 Å². The van der Waals surface area contributed by atoms with Crippen LogP contribution in [0.15, 0.2) is 29.8 Å². The van der Waals surface area contributed by atoms with Crippen molar-refractivity contribution in [1.29, 1.82) is 0 Å². The van der Waals surface area contributed by atoms with Crippen LogP contribution in [0.3, 0.4) is 0 Å². The zero-order valence-corrected chi connectivity index (χ0v) is 17.2. The summed E-state index contributed by atoms with van der Waals surface area (Å²) in [6.45, 7) is 7.84. The topological polar surface area (TPSA) is 68.2 Å². The molecule has 0 aromatic heterocycles. The lowest BCUT2D eigenvalue weighted by atomic mass is 9.88. The third-order valence-electron chi connectivity index (χ3n) is 5.31. The molecule has 0 radical (unpaired) electrons. The number of carbonyl (C=O) groups excluding carboxylic acids is 1. The van der Waals surface area contributed by atoms with Gasteiger partial charge in [0.05, 0.1) is 14.2 Å². The minimum Gasteiger partial charge on any atom is -0.493 e. The summed E-state index contributed by atoms with van der Waals surface area (Å²) in [5.41, 5.74) is -0.147. The number of carbonyl (C=O) groups is 1. The maximum atomic E-state index is 12.4. The molecule has 0 unspecified atom stereocenters. The summed E-state index contributed by atoms with van der Waals surface area (Å²) in [7, 11) is 3.17. The van der Waals surface area contributed by atoms with Crippen molar-refractivity contribution in [1.82, 2.24) is 4.90 Å². The Kier molecular flexibility index (Phi) is 6.42. The summed E-state index contributed by atoms with van der Waals surface area (Å²) >= 11 is 0. The average Bonchev–Trinajstić information content (AvgIpc) is 2.77. The molecule has 1 saturated heterocycles. The van der Waals surface area contributed by atoms with Gasteiger partial charge in [-0.2, -0.15) is 0 Å². The van der Waals surface area contributed by atoms with Crippen molar-refractivity contribution < 1.29 is 24.1 Å². The number of amides is 1. The van der Waals surface area contributed by atoms with Gasteiger partial charge in [-0.05, 0) is 64.7 Å². The normalized spacial score (nSPS) is 24.6. The van der Waals surface area contributed by atoms with Gasteiger partial charge in [0.1, 0.15) is 0 Å². The number of ether oxygens (including phenoxy) is 3. The second-order valence-corrected chi connectivity index (χ2v) is 7.53. The number of nitrogens with zero attached hydrogens (tertiary/aromatic N) is 1. The number of benzene rings is 1. The molecule has 1 aliphatic rings. The van der Waals surface area contributed by atoms with Crippen molar-refractivity contribution in [2.75, 3.05) is 20.8 Å². The quantitative estimate of drug-likeness (QED) is 0.696. The second kappa shape index (κ2) is 8.21. The van der Waals surface area contributed by atoms with Crippen molar-refractivity contribution in [2.24, 2.45) is 0 Å². The molecule has 1 fully saturated rings. The van der Waals surface area contributed by atoms with Crippen LogP contribution in [0.1, 0.15) is 46.1 Å². The lowest BCUT2D eigenvalue weighted by Crippen LogP contribution is -2.55.